The van der Waals surface area contributed by atoms with Crippen LogP contribution >= 0.6 is 0 Å². The molecule has 5 heteroatoms. The van der Waals surface area contributed by atoms with Crippen molar-refractivity contribution in [1.82, 2.24) is 4.31 Å². The van der Waals surface area contributed by atoms with Gasteiger partial charge in [-0.1, -0.05) is 36.8 Å². The Labute approximate surface area is 125 Å². The molecule has 1 aromatic carbocycles. The molecule has 1 heterocycles. The van der Waals surface area contributed by atoms with Crippen LogP contribution in [-0.2, 0) is 10.0 Å². The van der Waals surface area contributed by atoms with Gasteiger partial charge in [0, 0.05) is 17.7 Å². The second-order valence-electron chi connectivity index (χ2n) is 5.82. The van der Waals surface area contributed by atoms with Crippen molar-refractivity contribution in [2.75, 3.05) is 6.26 Å². The van der Waals surface area contributed by atoms with E-state index >= 15 is 0 Å². The summed E-state index contributed by atoms with van der Waals surface area (Å²) in [6.07, 6.45) is 6.79. The predicted molar refractivity (Wildman–Crippen MR) is 81.3 cm³/mol. The Morgan fingerprint density at radius 1 is 1.19 bits per heavy atom. The molecule has 21 heavy (non-hydrogen) atoms. The van der Waals surface area contributed by atoms with Gasteiger partial charge in [-0.15, -0.1) is 0 Å². The van der Waals surface area contributed by atoms with E-state index in [2.05, 4.69) is 0 Å². The van der Waals surface area contributed by atoms with E-state index in [1.807, 2.05) is 18.2 Å². The number of fused-ring (bicyclic) bond motifs is 1. The molecule has 0 aromatic heterocycles. The highest BCUT2D eigenvalue weighted by Gasteiger charge is 2.44. The molecule has 0 unspecified atom stereocenters. The molecule has 1 aromatic rings. The second kappa shape index (κ2) is 5.30. The number of ketones is 1. The summed E-state index contributed by atoms with van der Waals surface area (Å²) in [6, 6.07) is 8.37. The summed E-state index contributed by atoms with van der Waals surface area (Å²) in [7, 11) is -3.43. The first kappa shape index (κ1) is 14.3. The van der Waals surface area contributed by atoms with E-state index in [1.165, 1.54) is 10.6 Å². The number of rotatable bonds is 3. The lowest BCUT2D eigenvalue weighted by Gasteiger charge is -2.29. The molecule has 0 spiro atoms. The minimum absolute atomic E-state index is 0.0428. The highest BCUT2D eigenvalue weighted by Crippen LogP contribution is 2.41. The van der Waals surface area contributed by atoms with Crippen LogP contribution in [0.1, 0.15) is 36.0 Å². The van der Waals surface area contributed by atoms with Crippen LogP contribution in [-0.4, -0.2) is 30.8 Å². The van der Waals surface area contributed by atoms with Gasteiger partial charge < -0.3 is 0 Å². The summed E-state index contributed by atoms with van der Waals surface area (Å²) in [5.41, 5.74) is 1.69. The Kier molecular flexibility index (Phi) is 3.61. The largest absolute Gasteiger partial charge is 0.292 e. The van der Waals surface area contributed by atoms with E-state index in [1.54, 1.807) is 18.3 Å². The Hall–Kier alpha value is -1.62. The van der Waals surface area contributed by atoms with Gasteiger partial charge >= 0.3 is 0 Å². The summed E-state index contributed by atoms with van der Waals surface area (Å²) in [5, 5.41) is 0. The van der Waals surface area contributed by atoms with Gasteiger partial charge in [-0.25, -0.2) is 8.42 Å². The quantitative estimate of drug-likeness (QED) is 0.807. The van der Waals surface area contributed by atoms with Crippen LogP contribution in [0.15, 0.2) is 42.1 Å². The third kappa shape index (κ3) is 2.62. The number of carbonyl (C=O) groups excluding carboxylic acids is 1. The molecule has 112 valence electrons. The number of Topliss-reactive ketones (excluding diaryl/α,β-unsaturated/α-hetero) is 1. The van der Waals surface area contributed by atoms with E-state index in [4.69, 9.17) is 0 Å². The molecule has 0 bridgehead atoms. The highest BCUT2D eigenvalue weighted by atomic mass is 32.2. The molecule has 1 aliphatic carbocycles. The van der Waals surface area contributed by atoms with Gasteiger partial charge in [-0.3, -0.25) is 9.10 Å². The maximum Gasteiger partial charge on any atom is 0.232 e. The molecule has 1 saturated carbocycles. The van der Waals surface area contributed by atoms with E-state index in [0.717, 1.165) is 31.3 Å². The fourth-order valence-electron chi connectivity index (χ4n) is 3.38. The lowest BCUT2D eigenvalue weighted by atomic mass is 9.80. The van der Waals surface area contributed by atoms with Crippen molar-refractivity contribution < 1.29 is 13.2 Å². The van der Waals surface area contributed by atoms with Crippen molar-refractivity contribution in [2.45, 2.75) is 31.7 Å². The maximum absolute atomic E-state index is 12.8. The number of hydrogen-bond donors (Lipinski definition) is 0. The summed E-state index contributed by atoms with van der Waals surface area (Å²) < 4.78 is 25.4. The summed E-state index contributed by atoms with van der Waals surface area (Å²) in [5.74, 6) is -0.0552. The number of benzene rings is 1. The molecular formula is C16H19NO3S. The highest BCUT2D eigenvalue weighted by molar-refractivity contribution is 7.88. The van der Waals surface area contributed by atoms with Gasteiger partial charge in [0.1, 0.15) is 6.04 Å². The van der Waals surface area contributed by atoms with Crippen LogP contribution < -0.4 is 0 Å². The fourth-order valence-corrected chi connectivity index (χ4v) is 4.36. The Bertz CT molecular complexity index is 679. The van der Waals surface area contributed by atoms with Crippen molar-refractivity contribution in [3.63, 3.8) is 0 Å². The molecule has 0 amide bonds. The monoisotopic (exact) mass is 305 g/mol. The second-order valence-corrected chi connectivity index (χ2v) is 7.71. The lowest BCUT2D eigenvalue weighted by molar-refractivity contribution is 0.0888. The van der Waals surface area contributed by atoms with Crippen LogP contribution in [0.25, 0.3) is 0 Å². The molecule has 4 nitrogen and oxygen atoms in total. The third-order valence-electron chi connectivity index (χ3n) is 4.37. The first-order valence-electron chi connectivity index (χ1n) is 7.27. The topological polar surface area (TPSA) is 54.5 Å². The molecule has 2 aliphatic rings. The predicted octanol–water partition coefficient (Wildman–Crippen LogP) is 2.59. The van der Waals surface area contributed by atoms with Gasteiger partial charge in [0.15, 0.2) is 5.78 Å². The number of sulfonamides is 1. The molecule has 3 rings (SSSR count). The standard InChI is InChI=1S/C16H19NO3S/c1-21(19,20)17-11-13-9-5-6-10-14(13)15(17)16(18)12-7-3-2-4-8-12/h2-4,7-8,11,14-15H,5-6,9-10H2,1H3/t14-,15-/m1/s1. The van der Waals surface area contributed by atoms with Crippen LogP contribution in [0.5, 0.6) is 0 Å². The van der Waals surface area contributed by atoms with E-state index in [9.17, 15) is 13.2 Å². The van der Waals surface area contributed by atoms with Gasteiger partial charge in [-0.05, 0) is 24.8 Å². The Morgan fingerprint density at radius 3 is 2.57 bits per heavy atom. The van der Waals surface area contributed by atoms with E-state index in [-0.39, 0.29) is 11.7 Å². The van der Waals surface area contributed by atoms with Crippen molar-refractivity contribution in [2.24, 2.45) is 5.92 Å². The molecule has 1 fully saturated rings. The molecule has 0 N–H and O–H groups in total. The average Bonchev–Trinajstić information content (AvgIpc) is 2.87. The molecule has 0 saturated heterocycles. The zero-order valence-corrected chi connectivity index (χ0v) is 12.8. The van der Waals surface area contributed by atoms with Crippen molar-refractivity contribution >= 4 is 15.8 Å². The normalized spacial score (nSPS) is 25.4. The fraction of sp³-hybridized carbons (Fsp3) is 0.438. The Morgan fingerprint density at radius 2 is 1.90 bits per heavy atom. The average molecular weight is 305 g/mol. The Balaban J connectivity index is 2.00. The number of carbonyl (C=O) groups is 1. The first-order valence-corrected chi connectivity index (χ1v) is 9.11. The van der Waals surface area contributed by atoms with Gasteiger partial charge in [0.25, 0.3) is 0 Å². The van der Waals surface area contributed by atoms with Crippen LogP contribution in [0.2, 0.25) is 0 Å². The van der Waals surface area contributed by atoms with E-state index in [0.29, 0.717) is 5.56 Å². The summed E-state index contributed by atoms with van der Waals surface area (Å²) >= 11 is 0. The third-order valence-corrected chi connectivity index (χ3v) is 5.46. The zero-order valence-electron chi connectivity index (χ0n) is 12.0. The first-order chi connectivity index (χ1) is 9.98. The smallest absolute Gasteiger partial charge is 0.232 e. The number of hydrogen-bond acceptors (Lipinski definition) is 3. The van der Waals surface area contributed by atoms with Crippen molar-refractivity contribution in [3.8, 4) is 0 Å². The van der Waals surface area contributed by atoms with Gasteiger partial charge in [0.05, 0.1) is 6.26 Å². The van der Waals surface area contributed by atoms with Crippen LogP contribution in [0, 0.1) is 5.92 Å². The zero-order chi connectivity index (χ0) is 15.0. The minimum atomic E-state index is -3.43. The summed E-state index contributed by atoms with van der Waals surface area (Å²) in [4.78, 5) is 12.8. The lowest BCUT2D eigenvalue weighted by Crippen LogP contribution is -2.42. The molecule has 0 radical (unpaired) electrons. The SMILES string of the molecule is CS(=O)(=O)N1C=C2CCCC[C@H]2[C@@H]1C(=O)c1ccccc1. The molecule has 2 atom stereocenters. The van der Waals surface area contributed by atoms with Crippen molar-refractivity contribution in [1.29, 1.82) is 0 Å². The molecule has 1 aliphatic heterocycles. The van der Waals surface area contributed by atoms with Gasteiger partial charge in [0.2, 0.25) is 10.0 Å². The van der Waals surface area contributed by atoms with Gasteiger partial charge in [-0.2, -0.15) is 0 Å². The van der Waals surface area contributed by atoms with Crippen molar-refractivity contribution in [3.05, 3.63) is 47.7 Å². The maximum atomic E-state index is 12.8. The summed E-state index contributed by atoms with van der Waals surface area (Å²) in [6.45, 7) is 0. The number of nitrogens with zero attached hydrogens (tertiary/aromatic N) is 1. The van der Waals surface area contributed by atoms with Crippen LogP contribution in [0.3, 0.4) is 0 Å². The van der Waals surface area contributed by atoms with E-state index < -0.39 is 16.1 Å². The molecular weight excluding hydrogens is 286 g/mol. The van der Waals surface area contributed by atoms with Crippen LogP contribution in [0.4, 0.5) is 0 Å². The minimum Gasteiger partial charge on any atom is -0.292 e.